The summed E-state index contributed by atoms with van der Waals surface area (Å²) in [6.45, 7) is 10.5. The van der Waals surface area contributed by atoms with Crippen LogP contribution in [0.4, 0.5) is 0 Å². The van der Waals surface area contributed by atoms with Crippen LogP contribution in [0.1, 0.15) is 41.3 Å². The molecular weight excluding hydrogens is 372 g/mol. The highest BCUT2D eigenvalue weighted by atomic mass is 32.1. The highest BCUT2D eigenvalue weighted by Crippen LogP contribution is 2.46. The van der Waals surface area contributed by atoms with Gasteiger partial charge in [-0.15, -0.1) is 11.3 Å². The molecule has 0 spiro atoms. The Morgan fingerprint density at radius 2 is 2.18 bits per heavy atom. The molecule has 1 aliphatic carbocycles. The number of carbonyl (C=O) groups excluding carboxylic acids is 1. The first-order valence-corrected chi connectivity index (χ1v) is 11.6. The number of thiazole rings is 1. The van der Waals surface area contributed by atoms with E-state index in [1.54, 1.807) is 11.3 Å². The van der Waals surface area contributed by atoms with E-state index in [4.69, 9.17) is 4.74 Å². The van der Waals surface area contributed by atoms with Crippen molar-refractivity contribution >= 4 is 17.2 Å². The van der Waals surface area contributed by atoms with Crippen LogP contribution in [0, 0.1) is 25.2 Å². The Morgan fingerprint density at radius 1 is 1.36 bits per heavy atom. The van der Waals surface area contributed by atoms with Crippen LogP contribution in [0.3, 0.4) is 0 Å². The molecule has 156 valence electrons. The first kappa shape index (κ1) is 20.3. The highest BCUT2D eigenvalue weighted by Gasteiger charge is 2.50. The lowest BCUT2D eigenvalue weighted by atomic mass is 9.61. The molecule has 1 aromatic rings. The summed E-state index contributed by atoms with van der Waals surface area (Å²) in [6, 6.07) is 0.620. The number of fused-ring (bicyclic) bond motifs is 1. The van der Waals surface area contributed by atoms with Gasteiger partial charge in [-0.2, -0.15) is 0 Å². The third-order valence-corrected chi connectivity index (χ3v) is 8.22. The van der Waals surface area contributed by atoms with E-state index in [9.17, 15) is 4.79 Å². The summed E-state index contributed by atoms with van der Waals surface area (Å²) >= 11 is 1.75. The quantitative estimate of drug-likeness (QED) is 0.782. The fraction of sp³-hybridized carbons (Fsp3) is 0.810. The second kappa shape index (κ2) is 8.78. The number of ether oxygens (including phenoxy) is 1. The number of piperidine rings is 1. The summed E-state index contributed by atoms with van der Waals surface area (Å²) in [5, 5.41) is 7.91. The third-order valence-electron chi connectivity index (χ3n) is 7.08. The lowest BCUT2D eigenvalue weighted by Crippen LogP contribution is -2.60. The molecule has 0 radical (unpaired) electrons. The summed E-state index contributed by atoms with van der Waals surface area (Å²) in [7, 11) is 0. The zero-order valence-corrected chi connectivity index (χ0v) is 18.1. The average molecular weight is 407 g/mol. The minimum absolute atomic E-state index is 0.226. The van der Waals surface area contributed by atoms with Gasteiger partial charge >= 0.3 is 0 Å². The predicted octanol–water partition coefficient (Wildman–Crippen LogP) is 1.90. The number of aromatic nitrogens is 1. The van der Waals surface area contributed by atoms with E-state index in [1.807, 2.05) is 0 Å². The Hall–Kier alpha value is -1.02. The number of rotatable bonds is 5. The van der Waals surface area contributed by atoms with Gasteiger partial charge in [-0.05, 0) is 52.0 Å². The van der Waals surface area contributed by atoms with E-state index in [-0.39, 0.29) is 11.3 Å². The Morgan fingerprint density at radius 3 is 2.93 bits per heavy atom. The van der Waals surface area contributed by atoms with Crippen LogP contribution in [-0.4, -0.2) is 67.8 Å². The Labute approximate surface area is 172 Å². The number of morpholine rings is 1. The fourth-order valence-electron chi connectivity index (χ4n) is 5.27. The van der Waals surface area contributed by atoms with Crippen LogP contribution in [0.5, 0.6) is 0 Å². The van der Waals surface area contributed by atoms with Gasteiger partial charge in [0, 0.05) is 43.5 Å². The summed E-state index contributed by atoms with van der Waals surface area (Å²) in [4.78, 5) is 21.8. The van der Waals surface area contributed by atoms with Crippen molar-refractivity contribution in [3.8, 4) is 0 Å². The van der Waals surface area contributed by atoms with Gasteiger partial charge in [-0.3, -0.25) is 9.69 Å². The third kappa shape index (κ3) is 4.13. The molecule has 2 N–H and O–H groups in total. The van der Waals surface area contributed by atoms with Crippen molar-refractivity contribution in [1.29, 1.82) is 0 Å². The number of aryl methyl sites for hydroxylation is 2. The summed E-state index contributed by atoms with van der Waals surface area (Å²) < 4.78 is 5.52. The van der Waals surface area contributed by atoms with E-state index < -0.39 is 0 Å². The van der Waals surface area contributed by atoms with E-state index >= 15 is 0 Å². The Kier molecular flexibility index (Phi) is 6.35. The minimum Gasteiger partial charge on any atom is -0.379 e. The monoisotopic (exact) mass is 406 g/mol. The van der Waals surface area contributed by atoms with Gasteiger partial charge < -0.3 is 15.4 Å². The van der Waals surface area contributed by atoms with Crippen LogP contribution in [0.2, 0.25) is 0 Å². The maximum atomic E-state index is 13.3. The molecule has 1 aromatic heterocycles. The number of amides is 1. The lowest BCUT2D eigenvalue weighted by molar-refractivity contribution is -0.140. The van der Waals surface area contributed by atoms with E-state index in [2.05, 4.69) is 34.4 Å². The molecule has 3 aliphatic rings. The zero-order valence-electron chi connectivity index (χ0n) is 17.3. The van der Waals surface area contributed by atoms with Gasteiger partial charge in [0.2, 0.25) is 5.91 Å². The van der Waals surface area contributed by atoms with Gasteiger partial charge in [-0.1, -0.05) is 0 Å². The molecule has 2 aliphatic heterocycles. The molecule has 2 saturated heterocycles. The first-order valence-electron chi connectivity index (χ1n) is 10.8. The normalized spacial score (nSPS) is 31.4. The molecule has 7 heteroatoms. The van der Waals surface area contributed by atoms with Crippen molar-refractivity contribution in [2.45, 2.75) is 52.0 Å². The number of hydrogen-bond donors (Lipinski definition) is 2. The molecule has 0 bridgehead atoms. The number of nitrogens with one attached hydrogen (secondary N) is 2. The maximum absolute atomic E-state index is 13.3. The van der Waals surface area contributed by atoms with Gasteiger partial charge in [-0.25, -0.2) is 4.98 Å². The van der Waals surface area contributed by atoms with Crippen molar-refractivity contribution in [2.75, 3.05) is 45.9 Å². The Bertz CT molecular complexity index is 668. The molecule has 1 amide bonds. The largest absolute Gasteiger partial charge is 0.379 e. The molecule has 6 nitrogen and oxygen atoms in total. The Balaban J connectivity index is 1.36. The van der Waals surface area contributed by atoms with Gasteiger partial charge in [0.15, 0.2) is 0 Å². The van der Waals surface area contributed by atoms with Crippen LogP contribution in [-0.2, 0) is 16.0 Å². The van der Waals surface area contributed by atoms with E-state index in [0.29, 0.717) is 18.5 Å². The topological polar surface area (TPSA) is 66.5 Å². The zero-order chi connectivity index (χ0) is 19.6. The molecule has 4 rings (SSSR count). The molecule has 3 fully saturated rings. The maximum Gasteiger partial charge on any atom is 0.227 e. The number of nitrogens with zero attached hydrogens (tertiary/aromatic N) is 2. The van der Waals surface area contributed by atoms with Crippen molar-refractivity contribution < 1.29 is 9.53 Å². The van der Waals surface area contributed by atoms with E-state index in [1.165, 1.54) is 4.88 Å². The summed E-state index contributed by atoms with van der Waals surface area (Å²) in [5.74, 6) is 0.745. The van der Waals surface area contributed by atoms with Gasteiger partial charge in [0.1, 0.15) is 0 Å². The van der Waals surface area contributed by atoms with Gasteiger partial charge in [0.25, 0.3) is 0 Å². The summed E-state index contributed by atoms with van der Waals surface area (Å²) in [5.41, 5.74) is 0.887. The number of carbonyl (C=O) groups is 1. The van der Waals surface area contributed by atoms with Crippen LogP contribution in [0.25, 0.3) is 0 Å². The van der Waals surface area contributed by atoms with Gasteiger partial charge in [0.05, 0.1) is 29.3 Å². The average Bonchev–Trinajstić information content (AvgIpc) is 3.05. The molecule has 1 saturated carbocycles. The van der Waals surface area contributed by atoms with Crippen molar-refractivity contribution in [1.82, 2.24) is 20.5 Å². The molecule has 28 heavy (non-hydrogen) atoms. The predicted molar refractivity (Wildman–Crippen MR) is 112 cm³/mol. The smallest absolute Gasteiger partial charge is 0.227 e. The van der Waals surface area contributed by atoms with Crippen molar-refractivity contribution in [2.24, 2.45) is 11.3 Å². The standard InChI is InChI=1S/C21H34N4O2S/c1-15-16(2)28-19(24-15)5-8-23-20(26)21-6-3-18(25-9-11-27-12-10-25)13-17(21)4-7-22-14-21/h17-18,22H,3-14H2,1-2H3,(H,23,26)/t17-,18+,21-/m1/s1. The van der Waals surface area contributed by atoms with E-state index in [0.717, 1.165) is 82.2 Å². The molecule has 3 atom stereocenters. The highest BCUT2D eigenvalue weighted by molar-refractivity contribution is 7.11. The second-order valence-corrected chi connectivity index (χ2v) is 9.94. The van der Waals surface area contributed by atoms with Crippen LogP contribution < -0.4 is 10.6 Å². The minimum atomic E-state index is -0.226. The molecule has 3 heterocycles. The van der Waals surface area contributed by atoms with Crippen molar-refractivity contribution in [3.05, 3.63) is 15.6 Å². The second-order valence-electron chi connectivity index (χ2n) is 8.65. The van der Waals surface area contributed by atoms with Crippen molar-refractivity contribution in [3.63, 3.8) is 0 Å². The first-order chi connectivity index (χ1) is 13.6. The SMILES string of the molecule is Cc1nc(CCNC(=O)[C@@]23CC[C@H](N4CCOCC4)C[C@H]2CCNC3)sc1C. The molecule has 0 aromatic carbocycles. The molecular formula is C21H34N4O2S. The lowest BCUT2D eigenvalue weighted by Gasteiger charge is -2.50. The fourth-order valence-corrected chi connectivity index (χ4v) is 6.21. The van der Waals surface area contributed by atoms with Crippen LogP contribution >= 0.6 is 11.3 Å². The van der Waals surface area contributed by atoms with Crippen LogP contribution in [0.15, 0.2) is 0 Å². The summed E-state index contributed by atoms with van der Waals surface area (Å²) in [6.07, 6.45) is 5.21. The molecule has 0 unspecified atom stereocenters. The number of hydrogen-bond acceptors (Lipinski definition) is 6.